The van der Waals surface area contributed by atoms with Gasteiger partial charge in [0, 0.05) is 69.2 Å². The number of benzene rings is 1. The van der Waals surface area contributed by atoms with Crippen molar-refractivity contribution < 1.29 is 9.53 Å². The first-order valence-corrected chi connectivity index (χ1v) is 9.91. The summed E-state index contributed by atoms with van der Waals surface area (Å²) >= 11 is 0. The van der Waals surface area contributed by atoms with Crippen molar-refractivity contribution in [3.63, 3.8) is 0 Å². The molecule has 0 unspecified atom stereocenters. The standard InChI is InChI=1S/C20H28N6O2.ClH/c1-25-8-10-26(11-9-25)12-13-28-16-4-2-15(3-5-16)22-20(27)19-17-14-21-7-6-18(17)23-24-19;/h2-5,21H,6-14H2,1H3,(H,22,27)(H,23,24);1H. The van der Waals surface area contributed by atoms with E-state index in [9.17, 15) is 4.79 Å². The molecule has 0 spiro atoms. The molecule has 3 N–H and O–H groups in total. The number of ether oxygens (including phenoxy) is 1. The molecule has 0 atom stereocenters. The average Bonchev–Trinajstić information content (AvgIpc) is 3.15. The third-order valence-electron chi connectivity index (χ3n) is 5.41. The minimum absolute atomic E-state index is 0. The minimum atomic E-state index is -0.190. The van der Waals surface area contributed by atoms with E-state index in [1.807, 2.05) is 24.3 Å². The van der Waals surface area contributed by atoms with E-state index in [0.29, 0.717) is 18.8 Å². The number of aromatic nitrogens is 2. The van der Waals surface area contributed by atoms with Gasteiger partial charge >= 0.3 is 0 Å². The first-order valence-electron chi connectivity index (χ1n) is 9.91. The fourth-order valence-electron chi connectivity index (χ4n) is 3.60. The second-order valence-electron chi connectivity index (χ2n) is 7.43. The molecule has 0 radical (unpaired) electrons. The summed E-state index contributed by atoms with van der Waals surface area (Å²) < 4.78 is 5.85. The Morgan fingerprint density at radius 2 is 1.97 bits per heavy atom. The lowest BCUT2D eigenvalue weighted by Gasteiger charge is -2.32. The molecule has 1 fully saturated rings. The SMILES string of the molecule is CN1CCN(CCOc2ccc(NC(=O)c3n[nH]c4c3CNCC4)cc2)CC1.Cl. The van der Waals surface area contributed by atoms with Gasteiger partial charge in [-0.3, -0.25) is 14.8 Å². The van der Waals surface area contributed by atoms with E-state index in [1.165, 1.54) is 0 Å². The lowest BCUT2D eigenvalue weighted by atomic mass is 10.1. The van der Waals surface area contributed by atoms with Gasteiger partial charge in [-0.2, -0.15) is 5.10 Å². The highest BCUT2D eigenvalue weighted by Crippen LogP contribution is 2.19. The number of aromatic amines is 1. The van der Waals surface area contributed by atoms with Gasteiger partial charge < -0.3 is 20.3 Å². The van der Waals surface area contributed by atoms with Crippen LogP contribution in [0.15, 0.2) is 24.3 Å². The molecule has 4 rings (SSSR count). The van der Waals surface area contributed by atoms with Crippen LogP contribution in [0.1, 0.15) is 21.7 Å². The molecule has 29 heavy (non-hydrogen) atoms. The summed E-state index contributed by atoms with van der Waals surface area (Å²) in [5, 5.41) is 13.4. The van der Waals surface area contributed by atoms with Gasteiger partial charge in [-0.1, -0.05) is 0 Å². The highest BCUT2D eigenvalue weighted by molar-refractivity contribution is 6.04. The smallest absolute Gasteiger partial charge is 0.276 e. The molecule has 1 aromatic heterocycles. The zero-order chi connectivity index (χ0) is 19.3. The number of carbonyl (C=O) groups excluding carboxylic acids is 1. The molecule has 0 bridgehead atoms. The van der Waals surface area contributed by atoms with Gasteiger partial charge in [0.15, 0.2) is 5.69 Å². The largest absolute Gasteiger partial charge is 0.492 e. The van der Waals surface area contributed by atoms with Gasteiger partial charge in [0.25, 0.3) is 5.91 Å². The van der Waals surface area contributed by atoms with E-state index in [2.05, 4.69) is 37.7 Å². The van der Waals surface area contributed by atoms with Gasteiger partial charge in [-0.15, -0.1) is 12.4 Å². The summed E-state index contributed by atoms with van der Waals surface area (Å²) in [6, 6.07) is 7.50. The van der Waals surface area contributed by atoms with Crippen molar-refractivity contribution in [2.45, 2.75) is 13.0 Å². The molecular formula is C20H29ClN6O2. The molecule has 0 saturated carbocycles. The monoisotopic (exact) mass is 420 g/mol. The number of amides is 1. The highest BCUT2D eigenvalue weighted by atomic mass is 35.5. The molecule has 158 valence electrons. The second-order valence-corrected chi connectivity index (χ2v) is 7.43. The van der Waals surface area contributed by atoms with Crippen LogP contribution in [-0.2, 0) is 13.0 Å². The number of piperazine rings is 1. The molecule has 1 amide bonds. The second kappa shape index (κ2) is 10.1. The number of rotatable bonds is 6. The summed E-state index contributed by atoms with van der Waals surface area (Å²) in [4.78, 5) is 17.3. The minimum Gasteiger partial charge on any atom is -0.492 e. The Hall–Kier alpha value is -2.13. The zero-order valence-electron chi connectivity index (χ0n) is 16.7. The number of nitrogens with one attached hydrogen (secondary N) is 3. The quantitative estimate of drug-likeness (QED) is 0.654. The predicted octanol–water partition coefficient (Wildman–Crippen LogP) is 1.36. The van der Waals surface area contributed by atoms with Crippen molar-refractivity contribution in [1.82, 2.24) is 25.3 Å². The first kappa shape index (κ1) is 21.6. The summed E-state index contributed by atoms with van der Waals surface area (Å²) in [5.41, 5.74) is 3.22. The van der Waals surface area contributed by atoms with Gasteiger partial charge in [-0.05, 0) is 31.3 Å². The zero-order valence-corrected chi connectivity index (χ0v) is 17.6. The normalized spacial score (nSPS) is 17.3. The Kier molecular flexibility index (Phi) is 7.49. The van der Waals surface area contributed by atoms with Crippen molar-refractivity contribution >= 4 is 24.0 Å². The molecular weight excluding hydrogens is 392 g/mol. The number of likely N-dealkylation sites (N-methyl/N-ethyl adjacent to an activating group) is 1. The van der Waals surface area contributed by atoms with Crippen LogP contribution >= 0.6 is 12.4 Å². The number of hydrogen-bond acceptors (Lipinski definition) is 6. The van der Waals surface area contributed by atoms with Crippen molar-refractivity contribution in [3.05, 3.63) is 41.2 Å². The Balaban J connectivity index is 0.00000240. The molecule has 9 heteroatoms. The molecule has 2 aliphatic rings. The van der Waals surface area contributed by atoms with Crippen molar-refractivity contribution in [1.29, 1.82) is 0 Å². The van der Waals surface area contributed by atoms with Crippen LogP contribution in [0.3, 0.4) is 0 Å². The molecule has 8 nitrogen and oxygen atoms in total. The average molecular weight is 421 g/mol. The van der Waals surface area contributed by atoms with Crippen LogP contribution in [0.4, 0.5) is 5.69 Å². The Labute approximate surface area is 177 Å². The van der Waals surface area contributed by atoms with Crippen LogP contribution < -0.4 is 15.4 Å². The lowest BCUT2D eigenvalue weighted by Crippen LogP contribution is -2.45. The molecule has 2 aromatic rings. The van der Waals surface area contributed by atoms with E-state index in [-0.39, 0.29) is 18.3 Å². The Morgan fingerprint density at radius 1 is 1.21 bits per heavy atom. The Morgan fingerprint density at radius 3 is 2.72 bits per heavy atom. The number of fused-ring (bicyclic) bond motifs is 1. The Bertz CT molecular complexity index is 802. The fourth-order valence-corrected chi connectivity index (χ4v) is 3.60. The van der Waals surface area contributed by atoms with Crippen LogP contribution in [0.25, 0.3) is 0 Å². The number of halogens is 1. The molecule has 1 aromatic carbocycles. The molecule has 2 aliphatic heterocycles. The summed E-state index contributed by atoms with van der Waals surface area (Å²) in [6.07, 6.45) is 0.871. The van der Waals surface area contributed by atoms with Gasteiger partial charge in [0.1, 0.15) is 12.4 Å². The van der Waals surface area contributed by atoms with E-state index in [1.54, 1.807) is 0 Å². The number of carbonyl (C=O) groups is 1. The number of nitrogens with zero attached hydrogens (tertiary/aromatic N) is 3. The summed E-state index contributed by atoms with van der Waals surface area (Å²) in [7, 11) is 2.16. The summed E-state index contributed by atoms with van der Waals surface area (Å²) in [5.74, 6) is 0.624. The van der Waals surface area contributed by atoms with Gasteiger partial charge in [-0.25, -0.2) is 0 Å². The third-order valence-corrected chi connectivity index (χ3v) is 5.41. The number of H-pyrrole nitrogens is 1. The molecule has 3 heterocycles. The maximum absolute atomic E-state index is 12.5. The number of hydrogen-bond donors (Lipinski definition) is 3. The third kappa shape index (κ3) is 5.48. The summed E-state index contributed by atoms with van der Waals surface area (Å²) in [6.45, 7) is 7.61. The van der Waals surface area contributed by atoms with Crippen molar-refractivity contribution in [2.75, 3.05) is 58.2 Å². The van der Waals surface area contributed by atoms with E-state index in [0.717, 1.165) is 68.4 Å². The van der Waals surface area contributed by atoms with Crippen LogP contribution in [0.2, 0.25) is 0 Å². The van der Waals surface area contributed by atoms with E-state index >= 15 is 0 Å². The van der Waals surface area contributed by atoms with Crippen LogP contribution in [0, 0.1) is 0 Å². The van der Waals surface area contributed by atoms with E-state index < -0.39 is 0 Å². The lowest BCUT2D eigenvalue weighted by molar-refractivity contribution is 0.102. The predicted molar refractivity (Wildman–Crippen MR) is 115 cm³/mol. The molecule has 0 aliphatic carbocycles. The topological polar surface area (TPSA) is 85.5 Å². The number of anilines is 1. The van der Waals surface area contributed by atoms with Gasteiger partial charge in [0.05, 0.1) is 0 Å². The maximum Gasteiger partial charge on any atom is 0.276 e. The fraction of sp³-hybridized carbons (Fsp3) is 0.500. The van der Waals surface area contributed by atoms with Crippen LogP contribution in [-0.4, -0.2) is 78.8 Å². The molecule has 1 saturated heterocycles. The van der Waals surface area contributed by atoms with Crippen LogP contribution in [0.5, 0.6) is 5.75 Å². The van der Waals surface area contributed by atoms with Crippen molar-refractivity contribution in [3.8, 4) is 5.75 Å². The maximum atomic E-state index is 12.5. The highest BCUT2D eigenvalue weighted by Gasteiger charge is 2.21. The van der Waals surface area contributed by atoms with E-state index in [4.69, 9.17) is 4.74 Å². The van der Waals surface area contributed by atoms with Crippen molar-refractivity contribution in [2.24, 2.45) is 0 Å². The van der Waals surface area contributed by atoms with Gasteiger partial charge in [0.2, 0.25) is 0 Å². The first-order chi connectivity index (χ1) is 13.7.